The van der Waals surface area contributed by atoms with Gasteiger partial charge in [0.2, 0.25) is 0 Å². The van der Waals surface area contributed by atoms with E-state index < -0.39 is 0 Å². The lowest BCUT2D eigenvalue weighted by Crippen LogP contribution is -1.82. The van der Waals surface area contributed by atoms with Crippen molar-refractivity contribution in [2.45, 2.75) is 0 Å². The Hall–Kier alpha value is -3.06. The molecular formula is C22H15N. The molecule has 1 aromatic heterocycles. The van der Waals surface area contributed by atoms with Gasteiger partial charge in [-0.2, -0.15) is 0 Å². The molecule has 0 saturated heterocycles. The van der Waals surface area contributed by atoms with Gasteiger partial charge in [-0.15, -0.1) is 0 Å². The first-order chi connectivity index (χ1) is 11.4. The van der Waals surface area contributed by atoms with Crippen molar-refractivity contribution in [2.75, 3.05) is 0 Å². The number of benzene rings is 4. The zero-order valence-electron chi connectivity index (χ0n) is 12.6. The lowest BCUT2D eigenvalue weighted by atomic mass is 9.95. The van der Waals surface area contributed by atoms with Crippen molar-refractivity contribution in [3.8, 4) is 11.1 Å². The molecular weight excluding hydrogens is 278 g/mol. The first-order valence-corrected chi connectivity index (χ1v) is 7.89. The van der Waals surface area contributed by atoms with Crippen LogP contribution in [0.5, 0.6) is 0 Å². The molecule has 0 aliphatic carbocycles. The summed E-state index contributed by atoms with van der Waals surface area (Å²) in [4.78, 5) is 3.63. The summed E-state index contributed by atoms with van der Waals surface area (Å²) < 4.78 is 0. The van der Waals surface area contributed by atoms with E-state index in [0.717, 1.165) is 0 Å². The molecule has 0 radical (unpaired) electrons. The average molecular weight is 293 g/mol. The van der Waals surface area contributed by atoms with Crippen LogP contribution in [0, 0.1) is 0 Å². The van der Waals surface area contributed by atoms with Crippen molar-refractivity contribution in [1.29, 1.82) is 0 Å². The maximum absolute atomic E-state index is 3.63. The number of hydrogen-bond acceptors (Lipinski definition) is 0. The summed E-state index contributed by atoms with van der Waals surface area (Å²) in [6.45, 7) is 0. The molecule has 0 bridgehead atoms. The van der Waals surface area contributed by atoms with Crippen molar-refractivity contribution in [3.05, 3.63) is 84.9 Å². The molecule has 4 aromatic carbocycles. The van der Waals surface area contributed by atoms with Gasteiger partial charge in [-0.1, -0.05) is 72.8 Å². The quantitative estimate of drug-likeness (QED) is 0.382. The Bertz CT molecular complexity index is 1150. The molecule has 1 heterocycles. The predicted octanol–water partition coefficient (Wildman–Crippen LogP) is 6.14. The van der Waals surface area contributed by atoms with E-state index in [1.165, 1.54) is 43.7 Å². The number of fused-ring (bicyclic) bond motifs is 5. The van der Waals surface area contributed by atoms with Crippen molar-refractivity contribution >= 4 is 32.6 Å². The number of aromatic amines is 1. The summed E-state index contributed by atoms with van der Waals surface area (Å²) in [6, 6.07) is 30.1. The minimum Gasteiger partial charge on any atom is -0.354 e. The SMILES string of the molecule is c1ccc(-c2cc3ccccc3c3[nH]c4ccccc4c23)cc1. The van der Waals surface area contributed by atoms with Crippen molar-refractivity contribution in [2.24, 2.45) is 0 Å². The van der Waals surface area contributed by atoms with Gasteiger partial charge >= 0.3 is 0 Å². The van der Waals surface area contributed by atoms with Gasteiger partial charge in [0, 0.05) is 21.7 Å². The molecule has 0 saturated carbocycles. The molecule has 1 N–H and O–H groups in total. The lowest BCUT2D eigenvalue weighted by molar-refractivity contribution is 1.56. The van der Waals surface area contributed by atoms with E-state index in [1.807, 2.05) is 0 Å². The molecule has 0 unspecified atom stereocenters. The van der Waals surface area contributed by atoms with Crippen LogP contribution in [0.2, 0.25) is 0 Å². The number of aromatic nitrogens is 1. The summed E-state index contributed by atoms with van der Waals surface area (Å²) in [6.07, 6.45) is 0. The fourth-order valence-electron chi connectivity index (χ4n) is 3.55. The van der Waals surface area contributed by atoms with E-state index in [2.05, 4.69) is 89.9 Å². The maximum atomic E-state index is 3.63. The molecule has 5 rings (SSSR count). The molecule has 0 aliphatic rings. The summed E-state index contributed by atoms with van der Waals surface area (Å²) in [7, 11) is 0. The lowest BCUT2D eigenvalue weighted by Gasteiger charge is -2.08. The molecule has 108 valence electrons. The van der Waals surface area contributed by atoms with Gasteiger partial charge in [0.1, 0.15) is 0 Å². The Balaban J connectivity index is 2.06. The summed E-state index contributed by atoms with van der Waals surface area (Å²) in [5.74, 6) is 0. The van der Waals surface area contributed by atoms with Gasteiger partial charge in [-0.3, -0.25) is 0 Å². The Labute approximate surface area is 134 Å². The third kappa shape index (κ3) is 1.80. The van der Waals surface area contributed by atoms with Gasteiger partial charge < -0.3 is 4.98 Å². The van der Waals surface area contributed by atoms with Crippen LogP contribution in [0.1, 0.15) is 0 Å². The van der Waals surface area contributed by atoms with Crippen LogP contribution in [-0.2, 0) is 0 Å². The summed E-state index contributed by atoms with van der Waals surface area (Å²) in [5.41, 5.74) is 4.96. The molecule has 0 amide bonds. The van der Waals surface area contributed by atoms with Gasteiger partial charge in [0.05, 0.1) is 5.52 Å². The topological polar surface area (TPSA) is 15.8 Å². The largest absolute Gasteiger partial charge is 0.354 e. The normalized spacial score (nSPS) is 11.5. The van der Waals surface area contributed by atoms with Crippen LogP contribution in [0.4, 0.5) is 0 Å². The van der Waals surface area contributed by atoms with E-state index in [9.17, 15) is 0 Å². The maximum Gasteiger partial charge on any atom is 0.0550 e. The first-order valence-electron chi connectivity index (χ1n) is 7.89. The smallest absolute Gasteiger partial charge is 0.0550 e. The van der Waals surface area contributed by atoms with Crippen LogP contribution in [0.15, 0.2) is 84.9 Å². The van der Waals surface area contributed by atoms with Crippen LogP contribution in [0.25, 0.3) is 43.7 Å². The number of H-pyrrole nitrogens is 1. The molecule has 5 aromatic rings. The molecule has 0 fully saturated rings. The summed E-state index contributed by atoms with van der Waals surface area (Å²) in [5, 5.41) is 5.14. The minimum atomic E-state index is 1.19. The van der Waals surface area contributed by atoms with Gasteiger partial charge in [-0.05, 0) is 28.6 Å². The van der Waals surface area contributed by atoms with Crippen LogP contribution in [-0.4, -0.2) is 4.98 Å². The Kier molecular flexibility index (Phi) is 2.56. The van der Waals surface area contributed by atoms with E-state index in [1.54, 1.807) is 0 Å². The minimum absolute atomic E-state index is 1.19. The fourth-order valence-corrected chi connectivity index (χ4v) is 3.55. The zero-order valence-corrected chi connectivity index (χ0v) is 12.6. The second-order valence-corrected chi connectivity index (χ2v) is 5.93. The predicted molar refractivity (Wildman–Crippen MR) is 98.7 cm³/mol. The highest BCUT2D eigenvalue weighted by molar-refractivity contribution is 6.22. The second-order valence-electron chi connectivity index (χ2n) is 5.93. The molecule has 1 heteroatoms. The van der Waals surface area contributed by atoms with Crippen molar-refractivity contribution in [3.63, 3.8) is 0 Å². The average Bonchev–Trinajstić information content (AvgIpc) is 3.02. The second kappa shape index (κ2) is 4.72. The number of rotatable bonds is 1. The standard InChI is InChI=1S/C22H15N/c1-2-8-15(9-3-1)19-14-16-10-4-5-11-17(16)22-21(19)18-12-6-7-13-20(18)23-22/h1-14,23H. The number of nitrogens with one attached hydrogen (secondary N) is 1. The Morgan fingerprint density at radius 1 is 0.609 bits per heavy atom. The highest BCUT2D eigenvalue weighted by Gasteiger charge is 2.13. The van der Waals surface area contributed by atoms with E-state index in [4.69, 9.17) is 0 Å². The number of hydrogen-bond donors (Lipinski definition) is 1. The third-order valence-electron chi connectivity index (χ3n) is 4.59. The molecule has 1 nitrogen and oxygen atoms in total. The van der Waals surface area contributed by atoms with Crippen LogP contribution >= 0.6 is 0 Å². The summed E-state index contributed by atoms with van der Waals surface area (Å²) >= 11 is 0. The monoisotopic (exact) mass is 293 g/mol. The van der Waals surface area contributed by atoms with Gasteiger partial charge in [0.25, 0.3) is 0 Å². The Morgan fingerprint density at radius 3 is 2.17 bits per heavy atom. The molecule has 0 atom stereocenters. The number of para-hydroxylation sites is 1. The Morgan fingerprint density at radius 2 is 1.30 bits per heavy atom. The van der Waals surface area contributed by atoms with E-state index in [-0.39, 0.29) is 0 Å². The van der Waals surface area contributed by atoms with E-state index >= 15 is 0 Å². The van der Waals surface area contributed by atoms with Crippen molar-refractivity contribution in [1.82, 2.24) is 4.98 Å². The fraction of sp³-hybridized carbons (Fsp3) is 0. The van der Waals surface area contributed by atoms with Crippen LogP contribution < -0.4 is 0 Å². The van der Waals surface area contributed by atoms with Crippen molar-refractivity contribution < 1.29 is 0 Å². The highest BCUT2D eigenvalue weighted by atomic mass is 14.7. The molecule has 0 spiro atoms. The zero-order chi connectivity index (χ0) is 15.2. The molecule has 0 aliphatic heterocycles. The van der Waals surface area contributed by atoms with E-state index in [0.29, 0.717) is 0 Å². The highest BCUT2D eigenvalue weighted by Crippen LogP contribution is 2.38. The van der Waals surface area contributed by atoms with Crippen LogP contribution in [0.3, 0.4) is 0 Å². The molecule has 23 heavy (non-hydrogen) atoms. The first kappa shape index (κ1) is 12.5. The third-order valence-corrected chi connectivity index (χ3v) is 4.59. The van der Waals surface area contributed by atoms with Gasteiger partial charge in [-0.25, -0.2) is 0 Å². The van der Waals surface area contributed by atoms with Gasteiger partial charge in [0.15, 0.2) is 0 Å².